The zero-order valence-corrected chi connectivity index (χ0v) is 11.1. The van der Waals surface area contributed by atoms with Crippen LogP contribution in [-0.2, 0) is 17.4 Å². The molecule has 0 heterocycles. The van der Waals surface area contributed by atoms with E-state index < -0.39 is 17.2 Å². The number of hydrogen-bond acceptors (Lipinski definition) is 2. The molecular weight excluding hydrogens is 255 g/mol. The fraction of sp³-hybridized carbons (Fsp3) is 0.500. The lowest BCUT2D eigenvalue weighted by Gasteiger charge is -2.24. The van der Waals surface area contributed by atoms with Crippen molar-refractivity contribution in [2.75, 3.05) is 6.54 Å². The lowest BCUT2D eigenvalue weighted by Crippen LogP contribution is -2.36. The van der Waals surface area contributed by atoms with E-state index >= 15 is 0 Å². The van der Waals surface area contributed by atoms with Crippen molar-refractivity contribution < 1.29 is 18.0 Å². The molecule has 2 nitrogen and oxygen atoms in total. The topological polar surface area (TPSA) is 43.1 Å². The number of carbonyl (C=O) groups is 1. The molecule has 5 heteroatoms. The molecule has 0 spiro atoms. The van der Waals surface area contributed by atoms with E-state index in [0.29, 0.717) is 12.0 Å². The molecule has 0 aliphatic rings. The maximum absolute atomic E-state index is 12.6. The van der Waals surface area contributed by atoms with Crippen molar-refractivity contribution in [3.63, 3.8) is 0 Å². The van der Waals surface area contributed by atoms with E-state index in [1.165, 1.54) is 12.1 Å². The van der Waals surface area contributed by atoms with Gasteiger partial charge in [0.2, 0.25) is 0 Å². The number of rotatable bonds is 5. The van der Waals surface area contributed by atoms with Gasteiger partial charge in [-0.25, -0.2) is 0 Å². The average molecular weight is 273 g/mol. The molecule has 2 N–H and O–H groups in total. The summed E-state index contributed by atoms with van der Waals surface area (Å²) in [6.45, 7) is 3.78. The maximum Gasteiger partial charge on any atom is 0.416 e. The summed E-state index contributed by atoms with van der Waals surface area (Å²) in [4.78, 5) is 12.1. The summed E-state index contributed by atoms with van der Waals surface area (Å²) in [5, 5.41) is 0. The third kappa shape index (κ3) is 3.80. The van der Waals surface area contributed by atoms with Crippen LogP contribution in [0.3, 0.4) is 0 Å². The molecule has 0 aromatic heterocycles. The summed E-state index contributed by atoms with van der Waals surface area (Å²) in [5.41, 5.74) is 4.53. The van der Waals surface area contributed by atoms with E-state index in [9.17, 15) is 18.0 Å². The van der Waals surface area contributed by atoms with Gasteiger partial charge in [0.05, 0.1) is 5.56 Å². The number of carbonyl (C=O) groups excluding carboxylic acids is 1. The van der Waals surface area contributed by atoms with E-state index in [-0.39, 0.29) is 18.7 Å². The zero-order valence-electron chi connectivity index (χ0n) is 11.1. The second kappa shape index (κ2) is 5.74. The van der Waals surface area contributed by atoms with Crippen molar-refractivity contribution >= 4 is 5.78 Å². The van der Waals surface area contributed by atoms with E-state index in [1.54, 1.807) is 6.92 Å². The number of Topliss-reactive ketones (excluding diaryl/α,β-unsaturated/α-hetero) is 1. The first-order valence-electron chi connectivity index (χ1n) is 6.12. The molecule has 106 valence electrons. The van der Waals surface area contributed by atoms with Gasteiger partial charge in [0.25, 0.3) is 0 Å². The van der Waals surface area contributed by atoms with Gasteiger partial charge >= 0.3 is 6.18 Å². The normalized spacial score (nSPS) is 15.1. The van der Waals surface area contributed by atoms with Gasteiger partial charge in [-0.05, 0) is 18.1 Å². The molecule has 1 rings (SSSR count). The van der Waals surface area contributed by atoms with Crippen molar-refractivity contribution in [1.82, 2.24) is 0 Å². The van der Waals surface area contributed by atoms with E-state index in [0.717, 1.165) is 12.1 Å². The Morgan fingerprint density at radius 2 is 1.95 bits per heavy atom. The number of nitrogens with two attached hydrogens (primary N) is 1. The first kappa shape index (κ1) is 15.7. The van der Waals surface area contributed by atoms with Gasteiger partial charge in [-0.3, -0.25) is 4.79 Å². The van der Waals surface area contributed by atoms with Crippen LogP contribution in [-0.4, -0.2) is 12.3 Å². The van der Waals surface area contributed by atoms with Crippen LogP contribution in [0.25, 0.3) is 0 Å². The van der Waals surface area contributed by atoms with Crippen LogP contribution in [0, 0.1) is 5.41 Å². The summed E-state index contributed by atoms with van der Waals surface area (Å²) in [5.74, 6) is -0.128. The van der Waals surface area contributed by atoms with Crippen molar-refractivity contribution in [2.24, 2.45) is 11.1 Å². The van der Waals surface area contributed by atoms with Crippen molar-refractivity contribution in [3.05, 3.63) is 35.4 Å². The minimum absolute atomic E-state index is 0.0224. The first-order chi connectivity index (χ1) is 8.73. The highest BCUT2D eigenvalue weighted by molar-refractivity contribution is 5.86. The summed E-state index contributed by atoms with van der Waals surface area (Å²) in [6.07, 6.45) is -3.84. The second-order valence-corrected chi connectivity index (χ2v) is 4.92. The Kier molecular flexibility index (Phi) is 4.74. The smallest absolute Gasteiger partial charge is 0.329 e. The molecule has 0 radical (unpaired) electrons. The molecule has 1 aromatic carbocycles. The Bertz CT molecular complexity index is 450. The van der Waals surface area contributed by atoms with Crippen molar-refractivity contribution in [3.8, 4) is 0 Å². The Balaban J connectivity index is 2.92. The SMILES string of the molecule is CCC(C)(CN)C(=O)Cc1cccc(C(F)(F)F)c1. The van der Waals surface area contributed by atoms with Gasteiger partial charge in [-0.15, -0.1) is 0 Å². The van der Waals surface area contributed by atoms with Crippen LogP contribution >= 0.6 is 0 Å². The number of alkyl halides is 3. The Morgan fingerprint density at radius 1 is 1.32 bits per heavy atom. The lowest BCUT2D eigenvalue weighted by molar-refractivity contribution is -0.137. The highest BCUT2D eigenvalue weighted by atomic mass is 19.4. The predicted octanol–water partition coefficient (Wildman–Crippen LogP) is 3.19. The van der Waals surface area contributed by atoms with Crippen LogP contribution < -0.4 is 5.73 Å². The van der Waals surface area contributed by atoms with Crippen molar-refractivity contribution in [1.29, 1.82) is 0 Å². The lowest BCUT2D eigenvalue weighted by atomic mass is 9.80. The monoisotopic (exact) mass is 273 g/mol. The third-order valence-corrected chi connectivity index (χ3v) is 3.52. The highest BCUT2D eigenvalue weighted by Crippen LogP contribution is 2.30. The van der Waals surface area contributed by atoms with Gasteiger partial charge in [0.1, 0.15) is 5.78 Å². The molecule has 1 atom stereocenters. The maximum atomic E-state index is 12.6. The quantitative estimate of drug-likeness (QED) is 0.895. The Labute approximate surface area is 110 Å². The first-order valence-corrected chi connectivity index (χ1v) is 6.12. The molecule has 0 bridgehead atoms. The molecule has 0 saturated carbocycles. The molecule has 19 heavy (non-hydrogen) atoms. The molecule has 0 amide bonds. The second-order valence-electron chi connectivity index (χ2n) is 4.92. The fourth-order valence-corrected chi connectivity index (χ4v) is 1.71. The predicted molar refractivity (Wildman–Crippen MR) is 67.6 cm³/mol. The molecular formula is C14H18F3NO. The van der Waals surface area contributed by atoms with E-state index in [2.05, 4.69) is 0 Å². The van der Waals surface area contributed by atoms with Gasteiger partial charge in [0, 0.05) is 18.4 Å². The molecule has 0 aliphatic carbocycles. The summed E-state index contributed by atoms with van der Waals surface area (Å²) in [7, 11) is 0. The van der Waals surface area contributed by atoms with Gasteiger partial charge < -0.3 is 5.73 Å². The van der Waals surface area contributed by atoms with Crippen LogP contribution in [0.2, 0.25) is 0 Å². The number of ketones is 1. The van der Waals surface area contributed by atoms with E-state index in [4.69, 9.17) is 5.73 Å². The van der Waals surface area contributed by atoms with Gasteiger partial charge in [0.15, 0.2) is 0 Å². The van der Waals surface area contributed by atoms with Crippen LogP contribution in [0.5, 0.6) is 0 Å². The summed E-state index contributed by atoms with van der Waals surface area (Å²) >= 11 is 0. The van der Waals surface area contributed by atoms with Crippen LogP contribution in [0.4, 0.5) is 13.2 Å². The minimum atomic E-state index is -4.39. The Morgan fingerprint density at radius 3 is 2.42 bits per heavy atom. The highest BCUT2D eigenvalue weighted by Gasteiger charge is 2.32. The standard InChI is InChI=1S/C14H18F3NO/c1-3-13(2,9-18)12(19)8-10-5-4-6-11(7-10)14(15,16)17/h4-7H,3,8-9,18H2,1-2H3. The fourth-order valence-electron chi connectivity index (χ4n) is 1.71. The average Bonchev–Trinajstić information content (AvgIpc) is 2.37. The summed E-state index contributed by atoms with van der Waals surface area (Å²) < 4.78 is 37.7. The number of halogens is 3. The molecule has 0 aliphatic heterocycles. The third-order valence-electron chi connectivity index (χ3n) is 3.52. The molecule has 1 aromatic rings. The largest absolute Gasteiger partial charge is 0.416 e. The van der Waals surface area contributed by atoms with Crippen LogP contribution in [0.15, 0.2) is 24.3 Å². The number of benzene rings is 1. The zero-order chi connectivity index (χ0) is 14.7. The van der Waals surface area contributed by atoms with Gasteiger partial charge in [-0.2, -0.15) is 13.2 Å². The molecule has 1 unspecified atom stereocenters. The summed E-state index contributed by atoms with van der Waals surface area (Å²) in [6, 6.07) is 4.86. The minimum Gasteiger partial charge on any atom is -0.329 e. The van der Waals surface area contributed by atoms with E-state index in [1.807, 2.05) is 6.92 Å². The Hall–Kier alpha value is -1.36. The van der Waals surface area contributed by atoms with Crippen molar-refractivity contribution in [2.45, 2.75) is 32.9 Å². The molecule has 0 fully saturated rings. The van der Waals surface area contributed by atoms with Gasteiger partial charge in [-0.1, -0.05) is 32.0 Å². The molecule has 0 saturated heterocycles. The van der Waals surface area contributed by atoms with Crippen LogP contribution in [0.1, 0.15) is 31.4 Å². The number of hydrogen-bond donors (Lipinski definition) is 1.